The van der Waals surface area contributed by atoms with Gasteiger partial charge in [0.25, 0.3) is 0 Å². The first-order valence-corrected chi connectivity index (χ1v) is 6.06. The molecule has 0 aromatic heterocycles. The second kappa shape index (κ2) is 5.75. The Morgan fingerprint density at radius 3 is 2.81 bits per heavy atom. The summed E-state index contributed by atoms with van der Waals surface area (Å²) in [4.78, 5) is 0. The molecule has 0 amide bonds. The zero-order valence-corrected chi connectivity index (χ0v) is 9.61. The Kier molecular flexibility index (Phi) is 4.05. The van der Waals surface area contributed by atoms with Gasteiger partial charge in [-0.2, -0.15) is 0 Å². The van der Waals surface area contributed by atoms with Gasteiger partial charge in [0.15, 0.2) is 0 Å². The number of nitrogen functional groups attached to an aromatic ring is 1. The van der Waals surface area contributed by atoms with Crippen molar-refractivity contribution in [1.29, 1.82) is 0 Å². The van der Waals surface area contributed by atoms with Crippen LogP contribution < -0.4 is 15.8 Å². The molecule has 1 aromatic carbocycles. The van der Waals surface area contributed by atoms with Gasteiger partial charge in [-0.1, -0.05) is 0 Å². The van der Waals surface area contributed by atoms with Crippen molar-refractivity contribution in [2.45, 2.75) is 31.7 Å². The molecule has 1 fully saturated rings. The van der Waals surface area contributed by atoms with Gasteiger partial charge in [-0.25, -0.2) is 0 Å². The molecule has 0 bridgehead atoms. The van der Waals surface area contributed by atoms with E-state index in [1.165, 1.54) is 25.8 Å². The van der Waals surface area contributed by atoms with E-state index in [4.69, 9.17) is 10.5 Å². The summed E-state index contributed by atoms with van der Waals surface area (Å²) in [6.07, 6.45) is 4.97. The van der Waals surface area contributed by atoms with E-state index in [2.05, 4.69) is 5.32 Å². The van der Waals surface area contributed by atoms with Gasteiger partial charge < -0.3 is 15.8 Å². The van der Waals surface area contributed by atoms with Crippen LogP contribution in [0.2, 0.25) is 0 Å². The van der Waals surface area contributed by atoms with Crippen LogP contribution >= 0.6 is 0 Å². The highest BCUT2D eigenvalue weighted by molar-refractivity contribution is 5.41. The minimum atomic E-state index is 0.718. The fourth-order valence-electron chi connectivity index (χ4n) is 2.09. The van der Waals surface area contributed by atoms with Crippen molar-refractivity contribution in [3.05, 3.63) is 24.3 Å². The minimum Gasteiger partial charge on any atom is -0.494 e. The molecule has 1 aromatic rings. The molecule has 1 unspecified atom stereocenters. The molecular weight excluding hydrogens is 200 g/mol. The molecule has 1 aliphatic heterocycles. The third kappa shape index (κ3) is 3.42. The molecule has 0 aliphatic carbocycles. The van der Waals surface area contributed by atoms with Gasteiger partial charge >= 0.3 is 0 Å². The third-order valence-corrected chi connectivity index (χ3v) is 3.01. The number of benzene rings is 1. The summed E-state index contributed by atoms with van der Waals surface area (Å²) in [6.45, 7) is 1.98. The van der Waals surface area contributed by atoms with Crippen LogP contribution in [0.15, 0.2) is 24.3 Å². The Balaban J connectivity index is 1.62. The lowest BCUT2D eigenvalue weighted by atomic mass is 10.1. The van der Waals surface area contributed by atoms with Crippen LogP contribution in [0.3, 0.4) is 0 Å². The summed E-state index contributed by atoms with van der Waals surface area (Å²) in [7, 11) is 0. The summed E-state index contributed by atoms with van der Waals surface area (Å²) in [5.74, 6) is 0.911. The Bertz CT molecular complexity index is 304. The number of nitrogens with two attached hydrogens (primary N) is 1. The van der Waals surface area contributed by atoms with E-state index < -0.39 is 0 Å². The molecule has 2 rings (SSSR count). The Hall–Kier alpha value is -1.22. The SMILES string of the molecule is Nc1ccc(OCCCC2CCCN2)cc1. The molecule has 1 atom stereocenters. The quantitative estimate of drug-likeness (QED) is 0.590. The molecule has 3 heteroatoms. The molecule has 0 saturated carbocycles. The minimum absolute atomic E-state index is 0.718. The Morgan fingerprint density at radius 2 is 2.12 bits per heavy atom. The number of nitrogens with one attached hydrogen (secondary N) is 1. The van der Waals surface area contributed by atoms with Gasteiger partial charge in [0, 0.05) is 11.7 Å². The summed E-state index contributed by atoms with van der Waals surface area (Å²) in [5.41, 5.74) is 6.38. The number of hydrogen-bond donors (Lipinski definition) is 2. The molecule has 3 nitrogen and oxygen atoms in total. The van der Waals surface area contributed by atoms with Crippen LogP contribution in [0.25, 0.3) is 0 Å². The van der Waals surface area contributed by atoms with E-state index in [0.29, 0.717) is 0 Å². The van der Waals surface area contributed by atoms with Crippen LogP contribution in [0.4, 0.5) is 5.69 Å². The van der Waals surface area contributed by atoms with Crippen molar-refractivity contribution in [3.63, 3.8) is 0 Å². The normalized spacial score (nSPS) is 19.9. The van der Waals surface area contributed by atoms with Gasteiger partial charge in [0.05, 0.1) is 6.61 Å². The van der Waals surface area contributed by atoms with Crippen LogP contribution in [-0.2, 0) is 0 Å². The van der Waals surface area contributed by atoms with E-state index in [-0.39, 0.29) is 0 Å². The first kappa shape index (κ1) is 11.3. The van der Waals surface area contributed by atoms with Crippen molar-refractivity contribution >= 4 is 5.69 Å². The lowest BCUT2D eigenvalue weighted by Gasteiger charge is -2.10. The first-order valence-electron chi connectivity index (χ1n) is 6.06. The van der Waals surface area contributed by atoms with Gasteiger partial charge in [0.2, 0.25) is 0 Å². The summed E-state index contributed by atoms with van der Waals surface area (Å²) >= 11 is 0. The number of hydrogen-bond acceptors (Lipinski definition) is 3. The monoisotopic (exact) mass is 220 g/mol. The van der Waals surface area contributed by atoms with E-state index in [9.17, 15) is 0 Å². The Labute approximate surface area is 97.0 Å². The summed E-state index contributed by atoms with van der Waals surface area (Å²) in [6, 6.07) is 8.30. The van der Waals surface area contributed by atoms with Gasteiger partial charge in [0.1, 0.15) is 5.75 Å². The fraction of sp³-hybridized carbons (Fsp3) is 0.538. The molecular formula is C13H20N2O. The van der Waals surface area contributed by atoms with Crippen LogP contribution in [0.5, 0.6) is 5.75 Å². The average Bonchev–Trinajstić information content (AvgIpc) is 2.80. The summed E-state index contributed by atoms with van der Waals surface area (Å²) < 4.78 is 5.64. The maximum absolute atomic E-state index is 5.64. The summed E-state index contributed by atoms with van der Waals surface area (Å²) in [5, 5.41) is 3.49. The third-order valence-electron chi connectivity index (χ3n) is 3.01. The average molecular weight is 220 g/mol. The predicted molar refractivity (Wildman–Crippen MR) is 66.6 cm³/mol. The molecule has 88 valence electrons. The van der Waals surface area contributed by atoms with E-state index >= 15 is 0 Å². The second-order valence-corrected chi connectivity index (χ2v) is 4.35. The molecule has 1 saturated heterocycles. The highest BCUT2D eigenvalue weighted by Crippen LogP contribution is 2.15. The lowest BCUT2D eigenvalue weighted by molar-refractivity contribution is 0.299. The number of rotatable bonds is 5. The Morgan fingerprint density at radius 1 is 1.31 bits per heavy atom. The molecule has 16 heavy (non-hydrogen) atoms. The lowest BCUT2D eigenvalue weighted by Crippen LogP contribution is -2.21. The highest BCUT2D eigenvalue weighted by atomic mass is 16.5. The van der Waals surface area contributed by atoms with Crippen molar-refractivity contribution in [2.24, 2.45) is 0 Å². The first-order chi connectivity index (χ1) is 7.84. The van der Waals surface area contributed by atoms with E-state index in [0.717, 1.165) is 30.5 Å². The van der Waals surface area contributed by atoms with Gasteiger partial charge in [-0.05, 0) is 56.5 Å². The van der Waals surface area contributed by atoms with Crippen LogP contribution in [0.1, 0.15) is 25.7 Å². The molecule has 1 heterocycles. The van der Waals surface area contributed by atoms with Crippen molar-refractivity contribution in [1.82, 2.24) is 5.32 Å². The smallest absolute Gasteiger partial charge is 0.119 e. The molecule has 3 N–H and O–H groups in total. The highest BCUT2D eigenvalue weighted by Gasteiger charge is 2.12. The van der Waals surface area contributed by atoms with Crippen LogP contribution in [0, 0.1) is 0 Å². The van der Waals surface area contributed by atoms with Crippen LogP contribution in [-0.4, -0.2) is 19.2 Å². The second-order valence-electron chi connectivity index (χ2n) is 4.35. The number of anilines is 1. The largest absolute Gasteiger partial charge is 0.494 e. The molecule has 1 aliphatic rings. The molecule has 0 radical (unpaired) electrons. The number of ether oxygens (including phenoxy) is 1. The van der Waals surface area contributed by atoms with Crippen molar-refractivity contribution < 1.29 is 4.74 Å². The standard InChI is InChI=1S/C13H20N2O/c14-11-5-7-13(8-6-11)16-10-2-4-12-3-1-9-15-12/h5-8,12,15H,1-4,9-10,14H2. The van der Waals surface area contributed by atoms with E-state index in [1.54, 1.807) is 0 Å². The predicted octanol–water partition coefficient (Wildman–Crippen LogP) is 2.18. The maximum atomic E-state index is 5.64. The maximum Gasteiger partial charge on any atom is 0.119 e. The van der Waals surface area contributed by atoms with Gasteiger partial charge in [-0.3, -0.25) is 0 Å². The van der Waals surface area contributed by atoms with Gasteiger partial charge in [-0.15, -0.1) is 0 Å². The van der Waals surface area contributed by atoms with Crippen molar-refractivity contribution in [3.8, 4) is 5.75 Å². The molecule has 0 spiro atoms. The zero-order valence-electron chi connectivity index (χ0n) is 9.61. The fourth-order valence-corrected chi connectivity index (χ4v) is 2.09. The topological polar surface area (TPSA) is 47.3 Å². The zero-order chi connectivity index (χ0) is 11.2. The van der Waals surface area contributed by atoms with Crippen molar-refractivity contribution in [2.75, 3.05) is 18.9 Å². The van der Waals surface area contributed by atoms with E-state index in [1.807, 2.05) is 24.3 Å².